The number of nitrogens with one attached hydrogen (secondary N) is 1. The van der Waals surface area contributed by atoms with Crippen molar-refractivity contribution in [2.24, 2.45) is 0 Å². The van der Waals surface area contributed by atoms with Crippen molar-refractivity contribution in [2.45, 2.75) is 11.4 Å². The number of rotatable bonds is 8. The molecule has 3 aromatic rings. The van der Waals surface area contributed by atoms with Gasteiger partial charge in [0.25, 0.3) is 0 Å². The summed E-state index contributed by atoms with van der Waals surface area (Å²) in [7, 11) is 0.835. The molecule has 0 aliphatic heterocycles. The molecule has 2 aromatic carbocycles. The number of aromatic nitrogens is 2. The number of sulfonamides is 1. The van der Waals surface area contributed by atoms with Gasteiger partial charge in [-0.15, -0.1) is 0 Å². The summed E-state index contributed by atoms with van der Waals surface area (Å²) in [5, 5.41) is 3.89. The summed E-state index contributed by atoms with van der Waals surface area (Å²) in [5.41, 5.74) is 0.644. The average molecular weight is 531 g/mol. The van der Waals surface area contributed by atoms with E-state index in [9.17, 15) is 8.42 Å². The number of ether oxygens (including phenoxy) is 3. The van der Waals surface area contributed by atoms with E-state index in [-0.39, 0.29) is 17.3 Å². The standard InChI is InChI=1S/C18H18IN3O6S/c1-25-14-7-5-12(9-13(14)19)29(23,24)20-10-17-21-18(22-28-17)11-4-6-15(26-2)16(8-11)27-3/h4-9,20H,10H2,1-3H3. The fraction of sp³-hybridized carbons (Fsp3) is 0.222. The van der Waals surface area contributed by atoms with Crippen LogP contribution in [0.1, 0.15) is 5.89 Å². The van der Waals surface area contributed by atoms with Crippen molar-refractivity contribution in [1.82, 2.24) is 14.9 Å². The molecule has 29 heavy (non-hydrogen) atoms. The minimum absolute atomic E-state index is 0.113. The molecular weight excluding hydrogens is 513 g/mol. The Labute approximate surface area is 181 Å². The Morgan fingerprint density at radius 1 is 1.00 bits per heavy atom. The molecule has 9 nitrogen and oxygen atoms in total. The molecule has 1 heterocycles. The maximum absolute atomic E-state index is 12.5. The van der Waals surface area contributed by atoms with Crippen LogP contribution in [0.5, 0.6) is 17.2 Å². The van der Waals surface area contributed by atoms with Crippen molar-refractivity contribution in [3.05, 3.63) is 45.9 Å². The molecule has 0 aliphatic rings. The zero-order valence-electron chi connectivity index (χ0n) is 15.8. The molecular formula is C18H18IN3O6S. The van der Waals surface area contributed by atoms with Gasteiger partial charge in [0.05, 0.1) is 36.3 Å². The number of benzene rings is 2. The molecule has 0 saturated carbocycles. The minimum atomic E-state index is -3.76. The topological polar surface area (TPSA) is 113 Å². The van der Waals surface area contributed by atoms with E-state index in [1.54, 1.807) is 31.4 Å². The quantitative estimate of drug-likeness (QED) is 0.442. The summed E-state index contributed by atoms with van der Waals surface area (Å²) in [6, 6.07) is 9.75. The van der Waals surface area contributed by atoms with Crippen molar-refractivity contribution in [3.8, 4) is 28.6 Å². The summed E-state index contributed by atoms with van der Waals surface area (Å²) in [6.45, 7) is -0.148. The lowest BCUT2D eigenvalue weighted by Gasteiger charge is -2.08. The molecule has 1 N–H and O–H groups in total. The van der Waals surface area contributed by atoms with E-state index in [0.717, 1.165) is 0 Å². The zero-order chi connectivity index (χ0) is 21.0. The molecule has 0 atom stereocenters. The Morgan fingerprint density at radius 3 is 2.34 bits per heavy atom. The molecule has 0 bridgehead atoms. The van der Waals surface area contributed by atoms with Gasteiger partial charge in [0.1, 0.15) is 5.75 Å². The Bertz CT molecular complexity index is 1120. The molecule has 154 valence electrons. The lowest BCUT2D eigenvalue weighted by atomic mass is 10.2. The van der Waals surface area contributed by atoms with Crippen LogP contribution in [0.4, 0.5) is 0 Å². The third kappa shape index (κ3) is 4.79. The van der Waals surface area contributed by atoms with Crippen molar-refractivity contribution in [2.75, 3.05) is 21.3 Å². The van der Waals surface area contributed by atoms with Crippen LogP contribution >= 0.6 is 22.6 Å². The first-order valence-corrected chi connectivity index (χ1v) is 10.8. The van der Waals surface area contributed by atoms with E-state index >= 15 is 0 Å². The summed E-state index contributed by atoms with van der Waals surface area (Å²) in [6.07, 6.45) is 0. The van der Waals surface area contributed by atoms with Gasteiger partial charge in [-0.3, -0.25) is 0 Å². The van der Waals surface area contributed by atoms with Crippen LogP contribution in [-0.2, 0) is 16.6 Å². The third-order valence-corrected chi connectivity index (χ3v) is 6.20. The normalized spacial score (nSPS) is 11.3. The maximum atomic E-state index is 12.5. The first kappa shape index (κ1) is 21.3. The van der Waals surface area contributed by atoms with Crippen LogP contribution in [0.2, 0.25) is 0 Å². The van der Waals surface area contributed by atoms with Crippen molar-refractivity contribution >= 4 is 32.6 Å². The van der Waals surface area contributed by atoms with Gasteiger partial charge in [0.2, 0.25) is 21.7 Å². The molecule has 0 unspecified atom stereocenters. The summed E-state index contributed by atoms with van der Waals surface area (Å²) < 4.78 is 48.9. The first-order valence-electron chi connectivity index (χ1n) is 8.26. The molecule has 0 saturated heterocycles. The van der Waals surface area contributed by atoms with Gasteiger partial charge >= 0.3 is 0 Å². The van der Waals surface area contributed by atoms with Crippen LogP contribution in [-0.4, -0.2) is 39.9 Å². The summed E-state index contributed by atoms with van der Waals surface area (Å²) in [5.74, 6) is 2.12. The van der Waals surface area contributed by atoms with Crippen molar-refractivity contribution < 1.29 is 27.2 Å². The summed E-state index contributed by atoms with van der Waals surface area (Å²) >= 11 is 2.01. The molecule has 0 fully saturated rings. The molecule has 0 radical (unpaired) electrons. The zero-order valence-corrected chi connectivity index (χ0v) is 18.8. The lowest BCUT2D eigenvalue weighted by Crippen LogP contribution is -2.23. The average Bonchev–Trinajstić information content (AvgIpc) is 3.21. The highest BCUT2D eigenvalue weighted by molar-refractivity contribution is 14.1. The van der Waals surface area contributed by atoms with E-state index in [4.69, 9.17) is 18.7 Å². The van der Waals surface area contributed by atoms with Gasteiger partial charge in [0, 0.05) is 5.56 Å². The van der Waals surface area contributed by atoms with E-state index in [1.807, 2.05) is 22.6 Å². The van der Waals surface area contributed by atoms with Crippen LogP contribution in [0.25, 0.3) is 11.4 Å². The maximum Gasteiger partial charge on any atom is 0.242 e. The van der Waals surface area contributed by atoms with Gasteiger partial charge in [-0.05, 0) is 59.0 Å². The predicted octanol–water partition coefficient (Wildman–Crippen LogP) is 2.85. The van der Waals surface area contributed by atoms with Gasteiger partial charge in [-0.2, -0.15) is 4.98 Å². The SMILES string of the molecule is COc1ccc(S(=O)(=O)NCc2nc(-c3ccc(OC)c(OC)c3)no2)cc1I. The predicted molar refractivity (Wildman–Crippen MR) is 113 cm³/mol. The van der Waals surface area contributed by atoms with E-state index in [2.05, 4.69) is 14.9 Å². The number of methoxy groups -OCH3 is 3. The van der Waals surface area contributed by atoms with Crippen molar-refractivity contribution in [3.63, 3.8) is 0 Å². The minimum Gasteiger partial charge on any atom is -0.496 e. The Hall–Kier alpha value is -2.38. The Morgan fingerprint density at radius 2 is 1.69 bits per heavy atom. The van der Waals surface area contributed by atoms with Gasteiger partial charge in [-0.25, -0.2) is 13.1 Å². The smallest absolute Gasteiger partial charge is 0.242 e. The fourth-order valence-electron chi connectivity index (χ4n) is 2.47. The second-order valence-corrected chi connectivity index (χ2v) is 8.63. The summed E-state index contributed by atoms with van der Waals surface area (Å²) in [4.78, 5) is 4.34. The molecule has 0 spiro atoms. The highest BCUT2D eigenvalue weighted by Gasteiger charge is 2.18. The Balaban J connectivity index is 1.74. The third-order valence-electron chi connectivity index (χ3n) is 3.96. The van der Waals surface area contributed by atoms with Crippen LogP contribution in [0.15, 0.2) is 45.8 Å². The molecule has 1 aromatic heterocycles. The number of halogens is 1. The molecule has 0 aliphatic carbocycles. The van der Waals surface area contributed by atoms with Gasteiger partial charge in [0.15, 0.2) is 11.5 Å². The number of hydrogen-bond donors (Lipinski definition) is 1. The Kier molecular flexibility index (Phi) is 6.59. The highest BCUT2D eigenvalue weighted by atomic mass is 127. The second kappa shape index (κ2) is 8.97. The fourth-order valence-corrected chi connectivity index (χ4v) is 4.42. The van der Waals surface area contributed by atoms with E-state index in [0.29, 0.717) is 32.2 Å². The van der Waals surface area contributed by atoms with Crippen LogP contribution in [0, 0.1) is 3.57 Å². The van der Waals surface area contributed by atoms with Gasteiger partial charge < -0.3 is 18.7 Å². The molecule has 3 rings (SSSR count). The van der Waals surface area contributed by atoms with Crippen LogP contribution < -0.4 is 18.9 Å². The highest BCUT2D eigenvalue weighted by Crippen LogP contribution is 2.31. The largest absolute Gasteiger partial charge is 0.496 e. The second-order valence-electron chi connectivity index (χ2n) is 5.70. The number of hydrogen-bond acceptors (Lipinski definition) is 8. The monoisotopic (exact) mass is 531 g/mol. The first-order chi connectivity index (χ1) is 13.9. The van der Waals surface area contributed by atoms with Crippen LogP contribution in [0.3, 0.4) is 0 Å². The van der Waals surface area contributed by atoms with E-state index in [1.165, 1.54) is 26.4 Å². The lowest BCUT2D eigenvalue weighted by molar-refractivity contribution is 0.355. The number of nitrogens with zero attached hydrogens (tertiary/aromatic N) is 2. The molecule has 0 amide bonds. The molecule has 11 heteroatoms. The van der Waals surface area contributed by atoms with E-state index < -0.39 is 10.0 Å². The van der Waals surface area contributed by atoms with Gasteiger partial charge in [-0.1, -0.05) is 5.16 Å². The van der Waals surface area contributed by atoms with Crippen molar-refractivity contribution in [1.29, 1.82) is 0 Å².